The zero-order valence-corrected chi connectivity index (χ0v) is 14.9. The van der Waals surface area contributed by atoms with Gasteiger partial charge in [0.15, 0.2) is 0 Å². The molecular weight excluding hydrogens is 344 g/mol. The van der Waals surface area contributed by atoms with E-state index in [0.29, 0.717) is 11.1 Å². The lowest BCUT2D eigenvalue weighted by Crippen LogP contribution is -2.42. The third-order valence-electron chi connectivity index (χ3n) is 4.60. The Bertz CT molecular complexity index is 1040. The minimum Gasteiger partial charge on any atom is -0.481 e. The van der Waals surface area contributed by atoms with Gasteiger partial charge in [0.1, 0.15) is 0 Å². The highest BCUT2D eigenvalue weighted by atomic mass is 16.4. The molecule has 3 aromatic rings. The number of para-hydroxylation sites is 1. The van der Waals surface area contributed by atoms with Crippen LogP contribution in [0.2, 0.25) is 0 Å². The molecule has 1 atom stereocenters. The fraction of sp³-hybridized carbons (Fsp3) is 0.190. The highest BCUT2D eigenvalue weighted by Gasteiger charge is 2.34. The second-order valence-electron chi connectivity index (χ2n) is 6.80. The number of carboxylic acid groups (broad SMARTS) is 1. The van der Waals surface area contributed by atoms with E-state index >= 15 is 0 Å². The Morgan fingerprint density at radius 2 is 1.78 bits per heavy atom. The van der Waals surface area contributed by atoms with Gasteiger partial charge >= 0.3 is 5.97 Å². The number of carboxylic acids is 1. The topological polar surface area (TPSA) is 99.3 Å². The SMILES string of the molecule is CC(CNC(=O)c1cccc2ccc(=O)[nH]c12)(Cc1ccccc1)C(=O)O. The summed E-state index contributed by atoms with van der Waals surface area (Å²) in [7, 11) is 0. The van der Waals surface area contributed by atoms with Crippen molar-refractivity contribution in [2.45, 2.75) is 13.3 Å². The highest BCUT2D eigenvalue weighted by Crippen LogP contribution is 2.23. The number of aromatic nitrogens is 1. The molecule has 0 aliphatic rings. The fourth-order valence-corrected chi connectivity index (χ4v) is 3.00. The molecule has 0 saturated heterocycles. The van der Waals surface area contributed by atoms with Crippen LogP contribution in [-0.2, 0) is 11.2 Å². The second kappa shape index (κ2) is 7.45. The number of hydrogen-bond acceptors (Lipinski definition) is 3. The summed E-state index contributed by atoms with van der Waals surface area (Å²) in [5, 5.41) is 13.1. The number of benzene rings is 2. The van der Waals surface area contributed by atoms with Gasteiger partial charge in [0.25, 0.3) is 5.91 Å². The second-order valence-corrected chi connectivity index (χ2v) is 6.80. The maximum absolute atomic E-state index is 12.7. The van der Waals surface area contributed by atoms with Crippen LogP contribution < -0.4 is 10.9 Å². The van der Waals surface area contributed by atoms with Crippen molar-refractivity contribution < 1.29 is 14.7 Å². The predicted molar refractivity (Wildman–Crippen MR) is 103 cm³/mol. The van der Waals surface area contributed by atoms with E-state index in [9.17, 15) is 19.5 Å². The van der Waals surface area contributed by atoms with Crippen molar-refractivity contribution in [3.05, 3.63) is 82.1 Å². The largest absolute Gasteiger partial charge is 0.481 e. The van der Waals surface area contributed by atoms with Gasteiger partial charge in [0.2, 0.25) is 5.56 Å². The lowest BCUT2D eigenvalue weighted by Gasteiger charge is -2.25. The number of amides is 1. The summed E-state index contributed by atoms with van der Waals surface area (Å²) >= 11 is 0. The number of carbonyl (C=O) groups is 2. The Balaban J connectivity index is 1.82. The van der Waals surface area contributed by atoms with E-state index in [2.05, 4.69) is 10.3 Å². The lowest BCUT2D eigenvalue weighted by atomic mass is 9.83. The molecule has 3 N–H and O–H groups in total. The smallest absolute Gasteiger partial charge is 0.311 e. The van der Waals surface area contributed by atoms with Crippen molar-refractivity contribution in [3.8, 4) is 0 Å². The third-order valence-corrected chi connectivity index (χ3v) is 4.60. The zero-order chi connectivity index (χ0) is 19.4. The van der Waals surface area contributed by atoms with E-state index < -0.39 is 17.3 Å². The van der Waals surface area contributed by atoms with Crippen molar-refractivity contribution in [2.24, 2.45) is 5.41 Å². The third kappa shape index (κ3) is 4.06. The van der Waals surface area contributed by atoms with E-state index in [1.165, 1.54) is 6.07 Å². The van der Waals surface area contributed by atoms with Crippen LogP contribution in [0.3, 0.4) is 0 Å². The van der Waals surface area contributed by atoms with Gasteiger partial charge in [0.05, 0.1) is 16.5 Å². The maximum Gasteiger partial charge on any atom is 0.311 e. The van der Waals surface area contributed by atoms with E-state index in [4.69, 9.17) is 0 Å². The van der Waals surface area contributed by atoms with E-state index in [1.807, 2.05) is 30.3 Å². The summed E-state index contributed by atoms with van der Waals surface area (Å²) in [4.78, 5) is 38.8. The molecule has 0 saturated carbocycles. The molecule has 138 valence electrons. The molecule has 1 amide bonds. The molecule has 0 bridgehead atoms. The molecule has 27 heavy (non-hydrogen) atoms. The quantitative estimate of drug-likeness (QED) is 0.626. The van der Waals surface area contributed by atoms with Crippen molar-refractivity contribution in [1.82, 2.24) is 10.3 Å². The summed E-state index contributed by atoms with van der Waals surface area (Å²) in [5.41, 5.74) is 0.156. The van der Waals surface area contributed by atoms with Gasteiger partial charge in [-0.25, -0.2) is 0 Å². The minimum absolute atomic E-state index is 0.0382. The molecule has 0 fully saturated rings. The molecule has 0 spiro atoms. The molecule has 2 aromatic carbocycles. The first-order valence-electron chi connectivity index (χ1n) is 8.57. The number of nitrogens with one attached hydrogen (secondary N) is 2. The number of carbonyl (C=O) groups excluding carboxylic acids is 1. The molecule has 1 aromatic heterocycles. The average Bonchev–Trinajstić information content (AvgIpc) is 2.66. The molecular formula is C21H20N2O4. The Hall–Kier alpha value is -3.41. The molecule has 1 unspecified atom stereocenters. The molecule has 6 heteroatoms. The Morgan fingerprint density at radius 1 is 1.04 bits per heavy atom. The summed E-state index contributed by atoms with van der Waals surface area (Å²) in [6.45, 7) is 1.57. The molecule has 0 aliphatic heterocycles. The van der Waals surface area contributed by atoms with E-state index in [1.54, 1.807) is 31.2 Å². The van der Waals surface area contributed by atoms with Crippen LogP contribution in [0.15, 0.2) is 65.5 Å². The van der Waals surface area contributed by atoms with Gasteiger partial charge in [-0.05, 0) is 36.4 Å². The maximum atomic E-state index is 12.7. The minimum atomic E-state index is -1.16. The fourth-order valence-electron chi connectivity index (χ4n) is 3.00. The van der Waals surface area contributed by atoms with E-state index in [-0.39, 0.29) is 18.5 Å². The van der Waals surface area contributed by atoms with Crippen molar-refractivity contribution >= 4 is 22.8 Å². The van der Waals surface area contributed by atoms with Crippen LogP contribution in [0.25, 0.3) is 10.9 Å². The van der Waals surface area contributed by atoms with Crippen LogP contribution in [0, 0.1) is 5.41 Å². The molecule has 0 radical (unpaired) electrons. The lowest BCUT2D eigenvalue weighted by molar-refractivity contribution is -0.147. The predicted octanol–water partition coefficient (Wildman–Crippen LogP) is 2.59. The van der Waals surface area contributed by atoms with Gasteiger partial charge in [-0.1, -0.05) is 42.5 Å². The standard InChI is InChI=1S/C21H20N2O4/c1-21(20(26)27,12-14-6-3-2-4-7-14)13-22-19(25)16-9-5-8-15-10-11-17(24)23-18(15)16/h2-11H,12-13H2,1H3,(H,22,25)(H,23,24)(H,26,27). The first-order valence-corrected chi connectivity index (χ1v) is 8.57. The molecule has 0 aliphatic carbocycles. The number of aliphatic carboxylic acids is 1. The first kappa shape index (κ1) is 18.4. The summed E-state index contributed by atoms with van der Waals surface area (Å²) in [5.74, 6) is -1.42. The first-order chi connectivity index (χ1) is 12.9. The number of aromatic amines is 1. The van der Waals surface area contributed by atoms with Crippen LogP contribution >= 0.6 is 0 Å². The van der Waals surface area contributed by atoms with Gasteiger partial charge in [-0.15, -0.1) is 0 Å². The number of fused-ring (bicyclic) bond motifs is 1. The Kier molecular flexibility index (Phi) is 5.07. The summed E-state index contributed by atoms with van der Waals surface area (Å²) < 4.78 is 0. The normalized spacial score (nSPS) is 13.1. The van der Waals surface area contributed by atoms with Gasteiger partial charge in [-0.2, -0.15) is 0 Å². The van der Waals surface area contributed by atoms with Gasteiger partial charge in [0, 0.05) is 12.6 Å². The Labute approximate surface area is 155 Å². The number of pyridine rings is 1. The molecule has 3 rings (SSSR count). The Morgan fingerprint density at radius 3 is 2.48 bits per heavy atom. The van der Waals surface area contributed by atoms with Crippen molar-refractivity contribution in [2.75, 3.05) is 6.54 Å². The van der Waals surface area contributed by atoms with Gasteiger partial charge in [-0.3, -0.25) is 14.4 Å². The van der Waals surface area contributed by atoms with Crippen LogP contribution in [0.5, 0.6) is 0 Å². The summed E-state index contributed by atoms with van der Waals surface area (Å²) in [6.07, 6.45) is 0.288. The number of hydrogen-bond donors (Lipinski definition) is 3. The van der Waals surface area contributed by atoms with Crippen LogP contribution in [-0.4, -0.2) is 28.5 Å². The average molecular weight is 364 g/mol. The zero-order valence-electron chi connectivity index (χ0n) is 14.9. The van der Waals surface area contributed by atoms with Crippen LogP contribution in [0.4, 0.5) is 0 Å². The van der Waals surface area contributed by atoms with Crippen molar-refractivity contribution in [1.29, 1.82) is 0 Å². The number of rotatable bonds is 6. The summed E-state index contributed by atoms with van der Waals surface area (Å²) in [6, 6.07) is 17.4. The molecule has 1 heterocycles. The van der Waals surface area contributed by atoms with Crippen molar-refractivity contribution in [3.63, 3.8) is 0 Å². The number of H-pyrrole nitrogens is 1. The van der Waals surface area contributed by atoms with E-state index in [0.717, 1.165) is 10.9 Å². The molecule has 6 nitrogen and oxygen atoms in total. The van der Waals surface area contributed by atoms with Gasteiger partial charge < -0.3 is 15.4 Å². The highest BCUT2D eigenvalue weighted by molar-refractivity contribution is 6.05. The van der Waals surface area contributed by atoms with Crippen LogP contribution in [0.1, 0.15) is 22.8 Å². The monoisotopic (exact) mass is 364 g/mol.